The summed E-state index contributed by atoms with van der Waals surface area (Å²) in [6.07, 6.45) is -0.113. The molecule has 8 heteroatoms. The summed E-state index contributed by atoms with van der Waals surface area (Å²) >= 11 is 0. The molecule has 0 aromatic heterocycles. The predicted molar refractivity (Wildman–Crippen MR) is 68.9 cm³/mol. The minimum Gasteiger partial charge on any atom is -0.469 e. The molecule has 0 bridgehead atoms. The van der Waals surface area contributed by atoms with Gasteiger partial charge < -0.3 is 18.9 Å². The molecule has 0 N–H and O–H groups in total. The number of hydrogen-bond donors (Lipinski definition) is 0. The van der Waals surface area contributed by atoms with Crippen molar-refractivity contribution in [2.75, 3.05) is 28.4 Å². The summed E-state index contributed by atoms with van der Waals surface area (Å²) < 4.78 is 18.1. The topological polar surface area (TPSA) is 105 Å². The van der Waals surface area contributed by atoms with Gasteiger partial charge in [0.05, 0.1) is 34.4 Å². The van der Waals surface area contributed by atoms with E-state index in [9.17, 15) is 19.2 Å². The van der Waals surface area contributed by atoms with E-state index in [1.165, 1.54) is 14.2 Å². The summed E-state index contributed by atoms with van der Waals surface area (Å²) in [5, 5.41) is 0. The number of esters is 4. The van der Waals surface area contributed by atoms with Crippen molar-refractivity contribution < 1.29 is 38.1 Å². The summed E-state index contributed by atoms with van der Waals surface area (Å²) in [7, 11) is 4.65. The first-order valence-electron chi connectivity index (χ1n) is 6.21. The molecule has 21 heavy (non-hydrogen) atoms. The maximum absolute atomic E-state index is 11.7. The van der Waals surface area contributed by atoms with Crippen molar-refractivity contribution in [1.82, 2.24) is 0 Å². The van der Waals surface area contributed by atoms with Crippen molar-refractivity contribution in [2.45, 2.75) is 19.3 Å². The highest BCUT2D eigenvalue weighted by molar-refractivity contribution is 5.95. The van der Waals surface area contributed by atoms with Gasteiger partial charge in [0.25, 0.3) is 0 Å². The normalized spacial score (nSPS) is 11.5. The fourth-order valence-corrected chi connectivity index (χ4v) is 1.75. The molecule has 0 aliphatic rings. The first kappa shape index (κ1) is 18.9. The lowest BCUT2D eigenvalue weighted by molar-refractivity contribution is -0.160. The number of rotatable bonds is 8. The fourth-order valence-electron chi connectivity index (χ4n) is 1.75. The van der Waals surface area contributed by atoms with Crippen LogP contribution in [-0.2, 0) is 38.1 Å². The smallest absolute Gasteiger partial charge is 0.320 e. The van der Waals surface area contributed by atoms with Crippen LogP contribution < -0.4 is 0 Å². The molecule has 0 aromatic carbocycles. The maximum atomic E-state index is 11.7. The summed E-state index contributed by atoms with van der Waals surface area (Å²) in [6.45, 7) is 0. The third-order valence-electron chi connectivity index (χ3n) is 2.95. The molecule has 0 heterocycles. The average Bonchev–Trinajstić information content (AvgIpc) is 2.52. The van der Waals surface area contributed by atoms with Crippen LogP contribution in [0.3, 0.4) is 0 Å². The summed E-state index contributed by atoms with van der Waals surface area (Å²) in [5.41, 5.74) is 0. The van der Waals surface area contributed by atoms with Crippen LogP contribution in [0.4, 0.5) is 0 Å². The molecule has 0 saturated heterocycles. The summed E-state index contributed by atoms with van der Waals surface area (Å²) in [6, 6.07) is 0. The van der Waals surface area contributed by atoms with Crippen molar-refractivity contribution in [3.63, 3.8) is 0 Å². The van der Waals surface area contributed by atoms with Gasteiger partial charge in [0.1, 0.15) is 0 Å². The fraction of sp³-hybridized carbons (Fsp3) is 0.692. The largest absolute Gasteiger partial charge is 0.469 e. The lowest BCUT2D eigenvalue weighted by Crippen LogP contribution is -2.31. The van der Waals surface area contributed by atoms with Crippen LogP contribution in [0.5, 0.6) is 0 Å². The van der Waals surface area contributed by atoms with Crippen molar-refractivity contribution in [1.29, 1.82) is 0 Å². The van der Waals surface area contributed by atoms with E-state index in [0.717, 1.165) is 14.2 Å². The van der Waals surface area contributed by atoms with Gasteiger partial charge in [-0.25, -0.2) is 0 Å². The van der Waals surface area contributed by atoms with Crippen LogP contribution in [0.1, 0.15) is 19.3 Å². The third kappa shape index (κ3) is 6.24. The lowest BCUT2D eigenvalue weighted by Gasteiger charge is -2.18. The minimum absolute atomic E-state index is 0.0364. The van der Waals surface area contributed by atoms with Gasteiger partial charge in [-0.05, 0) is 12.8 Å². The Hall–Kier alpha value is -2.12. The molecule has 0 saturated carbocycles. The predicted octanol–water partition coefficient (Wildman–Crippen LogP) is 0.0811. The number of carbonyl (C=O) groups excluding carboxylic acids is 4. The molecule has 0 radical (unpaired) electrons. The Labute approximate surface area is 122 Å². The second-order valence-electron chi connectivity index (χ2n) is 4.17. The van der Waals surface area contributed by atoms with Crippen molar-refractivity contribution in [3.05, 3.63) is 0 Å². The number of carbonyl (C=O) groups is 4. The summed E-state index contributed by atoms with van der Waals surface area (Å²) in [4.78, 5) is 46.0. The van der Waals surface area contributed by atoms with Gasteiger partial charge in [-0.15, -0.1) is 0 Å². The minimum atomic E-state index is -1.25. The van der Waals surface area contributed by atoms with Gasteiger partial charge in [0.2, 0.25) is 0 Å². The number of methoxy groups -OCH3 is 4. The Kier molecular flexibility index (Phi) is 8.75. The third-order valence-corrected chi connectivity index (χ3v) is 2.95. The molecule has 0 amide bonds. The van der Waals surface area contributed by atoms with Gasteiger partial charge in [-0.3, -0.25) is 19.2 Å². The van der Waals surface area contributed by atoms with Crippen LogP contribution in [-0.4, -0.2) is 52.3 Å². The Bertz CT molecular complexity index is 374. The first-order chi connectivity index (χ1) is 9.90. The average molecular weight is 304 g/mol. The van der Waals surface area contributed by atoms with E-state index in [1.807, 2.05) is 0 Å². The second-order valence-corrected chi connectivity index (χ2v) is 4.17. The highest BCUT2D eigenvalue weighted by Gasteiger charge is 2.34. The molecule has 0 aromatic rings. The summed E-state index contributed by atoms with van der Waals surface area (Å²) in [5.74, 6) is -4.82. The highest BCUT2D eigenvalue weighted by Crippen LogP contribution is 2.21. The lowest BCUT2D eigenvalue weighted by atomic mass is 9.91. The van der Waals surface area contributed by atoms with Crippen LogP contribution in [0.25, 0.3) is 0 Å². The molecular weight excluding hydrogens is 284 g/mol. The van der Waals surface area contributed by atoms with Crippen molar-refractivity contribution >= 4 is 23.9 Å². The molecule has 120 valence electrons. The first-order valence-corrected chi connectivity index (χ1v) is 6.21. The van der Waals surface area contributed by atoms with E-state index in [1.54, 1.807) is 0 Å². The Morgan fingerprint density at radius 1 is 0.762 bits per heavy atom. The van der Waals surface area contributed by atoms with Crippen molar-refractivity contribution in [3.8, 4) is 0 Å². The van der Waals surface area contributed by atoms with Gasteiger partial charge in [0.15, 0.2) is 5.92 Å². The molecule has 0 spiro atoms. The van der Waals surface area contributed by atoms with Gasteiger partial charge in [-0.1, -0.05) is 0 Å². The van der Waals surface area contributed by atoms with Gasteiger partial charge in [0, 0.05) is 6.42 Å². The molecule has 1 atom stereocenters. The van der Waals surface area contributed by atoms with Gasteiger partial charge in [-0.2, -0.15) is 0 Å². The Morgan fingerprint density at radius 2 is 1.24 bits per heavy atom. The van der Waals surface area contributed by atoms with Crippen LogP contribution >= 0.6 is 0 Å². The zero-order valence-corrected chi connectivity index (χ0v) is 12.5. The van der Waals surface area contributed by atoms with E-state index in [-0.39, 0.29) is 19.3 Å². The van der Waals surface area contributed by atoms with Crippen LogP contribution in [0.15, 0.2) is 0 Å². The Morgan fingerprint density at radius 3 is 1.62 bits per heavy atom. The zero-order valence-electron chi connectivity index (χ0n) is 12.5. The van der Waals surface area contributed by atoms with E-state index in [0.29, 0.717) is 0 Å². The molecule has 0 rings (SSSR count). The van der Waals surface area contributed by atoms with Crippen LogP contribution in [0.2, 0.25) is 0 Å². The van der Waals surface area contributed by atoms with Crippen LogP contribution in [0, 0.1) is 11.8 Å². The number of ether oxygens (including phenoxy) is 4. The number of hydrogen-bond acceptors (Lipinski definition) is 8. The quantitative estimate of drug-likeness (QED) is 0.353. The zero-order chi connectivity index (χ0) is 16.4. The molecule has 0 aliphatic carbocycles. The van der Waals surface area contributed by atoms with E-state index in [4.69, 9.17) is 0 Å². The van der Waals surface area contributed by atoms with E-state index in [2.05, 4.69) is 18.9 Å². The maximum Gasteiger partial charge on any atom is 0.320 e. The molecule has 0 aliphatic heterocycles. The second kappa shape index (κ2) is 9.73. The van der Waals surface area contributed by atoms with Gasteiger partial charge >= 0.3 is 23.9 Å². The van der Waals surface area contributed by atoms with E-state index >= 15 is 0 Å². The SMILES string of the molecule is COC(=O)CCC(CC(C(=O)OC)C(=O)OC)C(=O)OC. The van der Waals surface area contributed by atoms with E-state index < -0.39 is 35.7 Å². The standard InChI is InChI=1S/C13H20O8/c1-18-10(14)6-5-8(11(15)19-2)7-9(12(16)20-3)13(17)21-4/h8-9H,5-7H2,1-4H3. The van der Waals surface area contributed by atoms with Crippen molar-refractivity contribution in [2.24, 2.45) is 11.8 Å². The highest BCUT2D eigenvalue weighted by atomic mass is 16.5. The molecular formula is C13H20O8. The molecule has 1 unspecified atom stereocenters. The molecule has 0 fully saturated rings. The monoisotopic (exact) mass is 304 g/mol. The molecule has 8 nitrogen and oxygen atoms in total. The Balaban J connectivity index is 4.96.